The van der Waals surface area contributed by atoms with Crippen LogP contribution in [0.5, 0.6) is 0 Å². The van der Waals surface area contributed by atoms with E-state index in [9.17, 15) is 0 Å². The van der Waals surface area contributed by atoms with Gasteiger partial charge in [0.25, 0.3) is 0 Å². The van der Waals surface area contributed by atoms with E-state index in [4.69, 9.17) is 9.97 Å². The van der Waals surface area contributed by atoms with Crippen molar-refractivity contribution in [2.75, 3.05) is 13.1 Å². The molecule has 158 valence electrons. The Morgan fingerprint density at radius 3 is 1.90 bits per heavy atom. The van der Waals surface area contributed by atoms with E-state index in [1.54, 1.807) is 0 Å². The Labute approximate surface area is 173 Å². The molecule has 3 fully saturated rings. The minimum absolute atomic E-state index is 0.0656. The van der Waals surface area contributed by atoms with Crippen LogP contribution in [-0.4, -0.2) is 64.0 Å². The average molecular weight is 399 g/mol. The molecule has 0 amide bonds. The SMILES string of the molecule is CC1CN(Cc2nc(C3CC3)nn2C)C(C)(C)CN1Cc1nc(C2CC2)nn1C. The van der Waals surface area contributed by atoms with E-state index < -0.39 is 0 Å². The molecule has 3 aliphatic rings. The van der Waals surface area contributed by atoms with Crippen LogP contribution >= 0.6 is 0 Å². The van der Waals surface area contributed by atoms with Gasteiger partial charge in [0.05, 0.1) is 13.1 Å². The van der Waals surface area contributed by atoms with E-state index >= 15 is 0 Å². The molecule has 2 aromatic rings. The zero-order valence-corrected chi connectivity index (χ0v) is 18.5. The van der Waals surface area contributed by atoms with Crippen LogP contribution in [0.15, 0.2) is 0 Å². The van der Waals surface area contributed by atoms with Crippen molar-refractivity contribution in [3.05, 3.63) is 23.3 Å². The topological polar surface area (TPSA) is 67.9 Å². The molecule has 29 heavy (non-hydrogen) atoms. The third-order valence-electron chi connectivity index (χ3n) is 6.86. The van der Waals surface area contributed by atoms with Crippen molar-refractivity contribution in [1.82, 2.24) is 39.3 Å². The maximum atomic E-state index is 4.85. The van der Waals surface area contributed by atoms with Gasteiger partial charge in [-0.3, -0.25) is 19.2 Å². The van der Waals surface area contributed by atoms with E-state index in [0.717, 1.165) is 49.5 Å². The third-order valence-corrected chi connectivity index (χ3v) is 6.86. The second-order valence-electron chi connectivity index (χ2n) is 10.0. The van der Waals surface area contributed by atoms with Crippen molar-refractivity contribution in [3.63, 3.8) is 0 Å². The van der Waals surface area contributed by atoms with Crippen LogP contribution in [0.1, 0.15) is 81.6 Å². The van der Waals surface area contributed by atoms with Crippen LogP contribution in [0.3, 0.4) is 0 Å². The summed E-state index contributed by atoms with van der Waals surface area (Å²) in [5.41, 5.74) is 0.0656. The number of hydrogen-bond donors (Lipinski definition) is 0. The Morgan fingerprint density at radius 1 is 0.862 bits per heavy atom. The highest BCUT2D eigenvalue weighted by Crippen LogP contribution is 2.39. The zero-order chi connectivity index (χ0) is 20.3. The van der Waals surface area contributed by atoms with Crippen LogP contribution in [0, 0.1) is 0 Å². The van der Waals surface area contributed by atoms with Crippen molar-refractivity contribution < 1.29 is 0 Å². The normalized spacial score (nSPS) is 25.6. The quantitative estimate of drug-likeness (QED) is 0.743. The zero-order valence-electron chi connectivity index (χ0n) is 18.5. The summed E-state index contributed by atoms with van der Waals surface area (Å²) >= 11 is 0. The predicted molar refractivity (Wildman–Crippen MR) is 110 cm³/mol. The highest BCUT2D eigenvalue weighted by Gasteiger charge is 2.39. The Balaban J connectivity index is 1.27. The number of aryl methyl sites for hydroxylation is 2. The van der Waals surface area contributed by atoms with E-state index in [0.29, 0.717) is 17.9 Å². The molecule has 2 saturated carbocycles. The van der Waals surface area contributed by atoms with Gasteiger partial charge >= 0.3 is 0 Å². The molecule has 1 atom stereocenters. The molecule has 1 saturated heterocycles. The fourth-order valence-electron chi connectivity index (χ4n) is 4.46. The van der Waals surface area contributed by atoms with Gasteiger partial charge in [-0.2, -0.15) is 10.2 Å². The van der Waals surface area contributed by atoms with Gasteiger partial charge in [0.15, 0.2) is 11.6 Å². The molecule has 8 nitrogen and oxygen atoms in total. The van der Waals surface area contributed by atoms with Crippen molar-refractivity contribution >= 4 is 0 Å². The van der Waals surface area contributed by atoms with E-state index in [1.165, 1.54) is 25.7 Å². The van der Waals surface area contributed by atoms with Crippen LogP contribution in [0.2, 0.25) is 0 Å². The number of aromatic nitrogens is 6. The second kappa shape index (κ2) is 6.87. The summed E-state index contributed by atoms with van der Waals surface area (Å²) in [7, 11) is 4.07. The summed E-state index contributed by atoms with van der Waals surface area (Å²) in [5, 5.41) is 9.31. The lowest BCUT2D eigenvalue weighted by Crippen LogP contribution is -2.62. The highest BCUT2D eigenvalue weighted by molar-refractivity contribution is 5.08. The van der Waals surface area contributed by atoms with Gasteiger partial charge in [0.1, 0.15) is 11.6 Å². The van der Waals surface area contributed by atoms with Gasteiger partial charge in [-0.05, 0) is 46.5 Å². The molecule has 8 heteroatoms. The molecule has 3 heterocycles. The molecule has 0 radical (unpaired) electrons. The van der Waals surface area contributed by atoms with E-state index in [1.807, 2.05) is 23.5 Å². The smallest absolute Gasteiger partial charge is 0.154 e. The van der Waals surface area contributed by atoms with Crippen LogP contribution in [0.25, 0.3) is 0 Å². The minimum atomic E-state index is 0.0656. The lowest BCUT2D eigenvalue weighted by Gasteiger charge is -2.50. The third kappa shape index (κ3) is 3.84. The first-order valence-corrected chi connectivity index (χ1v) is 11.1. The highest BCUT2D eigenvalue weighted by atomic mass is 15.4. The molecule has 5 rings (SSSR count). The molecule has 1 aliphatic heterocycles. The molecule has 2 aromatic heterocycles. The molecule has 0 spiro atoms. The first-order chi connectivity index (χ1) is 13.8. The van der Waals surface area contributed by atoms with E-state index in [-0.39, 0.29) is 5.54 Å². The summed E-state index contributed by atoms with van der Waals surface area (Å²) in [6, 6.07) is 0.459. The second-order valence-corrected chi connectivity index (χ2v) is 10.0. The Bertz CT molecular complexity index is 889. The maximum Gasteiger partial charge on any atom is 0.154 e. The molecular weight excluding hydrogens is 364 g/mol. The van der Waals surface area contributed by atoms with Gasteiger partial charge in [-0.1, -0.05) is 0 Å². The van der Waals surface area contributed by atoms with Crippen LogP contribution < -0.4 is 0 Å². The summed E-state index contributed by atoms with van der Waals surface area (Å²) in [6.45, 7) is 10.8. The van der Waals surface area contributed by atoms with Gasteiger partial charge in [-0.15, -0.1) is 0 Å². The molecule has 0 bridgehead atoms. The molecular formula is C21H34N8. The average Bonchev–Trinajstić information content (AvgIpc) is 3.57. The standard InChI is InChI=1S/C21H34N8/c1-14-10-29(12-18-23-20(16-8-9-16)25-27(18)5)21(2,3)13-28(14)11-17-22-19(15-6-7-15)24-26(17)4/h14-16H,6-13H2,1-5H3. The number of piperazine rings is 1. The van der Waals surface area contributed by atoms with Gasteiger partial charge in [0.2, 0.25) is 0 Å². The van der Waals surface area contributed by atoms with Gasteiger partial charge in [0, 0.05) is 50.6 Å². The largest absolute Gasteiger partial charge is 0.290 e. The number of hydrogen-bond acceptors (Lipinski definition) is 6. The first kappa shape index (κ1) is 19.2. The Morgan fingerprint density at radius 2 is 1.38 bits per heavy atom. The first-order valence-electron chi connectivity index (χ1n) is 11.1. The van der Waals surface area contributed by atoms with Crippen molar-refractivity contribution in [1.29, 1.82) is 0 Å². The van der Waals surface area contributed by atoms with Crippen LogP contribution in [-0.2, 0) is 27.2 Å². The fourth-order valence-corrected chi connectivity index (χ4v) is 4.46. The summed E-state index contributed by atoms with van der Waals surface area (Å²) < 4.78 is 3.97. The van der Waals surface area contributed by atoms with Crippen molar-refractivity contribution in [2.24, 2.45) is 14.1 Å². The lowest BCUT2D eigenvalue weighted by atomic mass is 9.95. The monoisotopic (exact) mass is 398 g/mol. The van der Waals surface area contributed by atoms with Gasteiger partial charge < -0.3 is 0 Å². The molecule has 0 aromatic carbocycles. The molecule has 1 unspecified atom stereocenters. The van der Waals surface area contributed by atoms with Crippen molar-refractivity contribution in [2.45, 2.75) is 83.0 Å². The number of nitrogens with zero attached hydrogens (tertiary/aromatic N) is 8. The van der Waals surface area contributed by atoms with Gasteiger partial charge in [-0.25, -0.2) is 9.97 Å². The minimum Gasteiger partial charge on any atom is -0.290 e. The summed E-state index contributed by atoms with van der Waals surface area (Å²) in [4.78, 5) is 14.8. The summed E-state index contributed by atoms with van der Waals surface area (Å²) in [6.07, 6.45) is 4.98. The predicted octanol–water partition coefficient (Wildman–Crippen LogP) is 2.18. The number of rotatable bonds is 6. The van der Waals surface area contributed by atoms with Crippen LogP contribution in [0.4, 0.5) is 0 Å². The molecule has 0 N–H and O–H groups in total. The van der Waals surface area contributed by atoms with Crippen molar-refractivity contribution in [3.8, 4) is 0 Å². The lowest BCUT2D eigenvalue weighted by molar-refractivity contribution is -0.0245. The molecule has 2 aliphatic carbocycles. The van der Waals surface area contributed by atoms with E-state index in [2.05, 4.69) is 40.8 Å². The maximum absolute atomic E-state index is 4.85. The Hall–Kier alpha value is -1.80. The fraction of sp³-hybridized carbons (Fsp3) is 0.810. The summed E-state index contributed by atoms with van der Waals surface area (Å²) in [5.74, 6) is 5.47. The Kier molecular flexibility index (Phi) is 4.55.